The quantitative estimate of drug-likeness (QED) is 0.793. The maximum Gasteiger partial charge on any atom is 0.306 e. The number of nitrogens with one attached hydrogen (secondary N) is 1. The van der Waals surface area contributed by atoms with Crippen LogP contribution in [0.25, 0.3) is 0 Å². The molecule has 1 aliphatic carbocycles. The third-order valence-electron chi connectivity index (χ3n) is 5.24. The van der Waals surface area contributed by atoms with Crippen molar-refractivity contribution in [1.82, 2.24) is 0 Å². The van der Waals surface area contributed by atoms with Crippen LogP contribution in [0, 0.1) is 18.8 Å². The summed E-state index contributed by atoms with van der Waals surface area (Å²) in [6.45, 7) is 2.38. The van der Waals surface area contributed by atoms with Crippen LogP contribution in [-0.4, -0.2) is 17.0 Å². The molecule has 0 radical (unpaired) electrons. The Labute approximate surface area is 159 Å². The zero-order chi connectivity index (χ0) is 19.2. The number of hydrogen-bond donors (Lipinski definition) is 2. The molecule has 1 saturated carbocycles. The summed E-state index contributed by atoms with van der Waals surface area (Å²) in [4.78, 5) is 23.9. The van der Waals surface area contributed by atoms with E-state index in [0.29, 0.717) is 19.4 Å². The summed E-state index contributed by atoms with van der Waals surface area (Å²) < 4.78 is 5.81. The third-order valence-corrected chi connectivity index (χ3v) is 5.24. The Morgan fingerprint density at radius 1 is 1.07 bits per heavy atom. The molecule has 1 fully saturated rings. The number of para-hydroxylation sites is 1. The van der Waals surface area contributed by atoms with Gasteiger partial charge in [0.25, 0.3) is 0 Å². The molecule has 0 aromatic heterocycles. The van der Waals surface area contributed by atoms with Crippen molar-refractivity contribution in [3.63, 3.8) is 0 Å². The molecular weight excluding hydrogens is 342 g/mol. The van der Waals surface area contributed by atoms with Crippen LogP contribution in [0.3, 0.4) is 0 Å². The summed E-state index contributed by atoms with van der Waals surface area (Å²) in [5, 5.41) is 12.2. The van der Waals surface area contributed by atoms with Gasteiger partial charge >= 0.3 is 5.97 Å². The van der Waals surface area contributed by atoms with Crippen LogP contribution in [-0.2, 0) is 16.2 Å². The lowest BCUT2D eigenvalue weighted by Crippen LogP contribution is -2.31. The van der Waals surface area contributed by atoms with E-state index < -0.39 is 11.9 Å². The number of benzene rings is 2. The van der Waals surface area contributed by atoms with E-state index in [0.717, 1.165) is 35.4 Å². The molecular formula is C22H25NO4. The van der Waals surface area contributed by atoms with E-state index in [2.05, 4.69) is 5.32 Å². The first-order valence-corrected chi connectivity index (χ1v) is 9.34. The van der Waals surface area contributed by atoms with Gasteiger partial charge in [0.1, 0.15) is 12.4 Å². The van der Waals surface area contributed by atoms with Crippen molar-refractivity contribution in [2.24, 2.45) is 11.8 Å². The highest BCUT2D eigenvalue weighted by Gasteiger charge is 2.31. The lowest BCUT2D eigenvalue weighted by atomic mass is 9.81. The SMILES string of the molecule is Cc1c(COc2ccccc2)cccc1NC(=O)C1CCCC(C(=O)O)C1. The second kappa shape index (κ2) is 8.71. The van der Waals surface area contributed by atoms with Crippen LogP contribution < -0.4 is 10.1 Å². The monoisotopic (exact) mass is 367 g/mol. The molecule has 0 aliphatic heterocycles. The van der Waals surface area contributed by atoms with Gasteiger partial charge in [-0.2, -0.15) is 0 Å². The first-order valence-electron chi connectivity index (χ1n) is 9.34. The summed E-state index contributed by atoms with van der Waals surface area (Å²) >= 11 is 0. The van der Waals surface area contributed by atoms with Gasteiger partial charge in [0.15, 0.2) is 0 Å². The summed E-state index contributed by atoms with van der Waals surface area (Å²) in [5.74, 6) is -0.758. The van der Waals surface area contributed by atoms with E-state index in [1.807, 2.05) is 55.5 Å². The van der Waals surface area contributed by atoms with Crippen LogP contribution in [0.5, 0.6) is 5.75 Å². The predicted molar refractivity (Wildman–Crippen MR) is 104 cm³/mol. The van der Waals surface area contributed by atoms with Gasteiger partial charge in [0.05, 0.1) is 5.92 Å². The number of carboxylic acids is 1. The molecule has 2 aromatic carbocycles. The molecule has 2 aromatic rings. The van der Waals surface area contributed by atoms with Gasteiger partial charge in [0, 0.05) is 11.6 Å². The van der Waals surface area contributed by atoms with Gasteiger partial charge < -0.3 is 15.2 Å². The summed E-state index contributed by atoms with van der Waals surface area (Å²) in [6.07, 6.45) is 2.59. The number of rotatable bonds is 6. The number of aliphatic carboxylic acids is 1. The molecule has 5 nitrogen and oxygen atoms in total. The molecule has 142 valence electrons. The van der Waals surface area contributed by atoms with Crippen molar-refractivity contribution in [3.8, 4) is 5.75 Å². The van der Waals surface area contributed by atoms with Gasteiger partial charge in [-0.05, 0) is 55.5 Å². The molecule has 2 unspecified atom stereocenters. The van der Waals surface area contributed by atoms with E-state index >= 15 is 0 Å². The highest BCUT2D eigenvalue weighted by Crippen LogP contribution is 2.31. The second-order valence-corrected chi connectivity index (χ2v) is 7.08. The Morgan fingerprint density at radius 2 is 1.81 bits per heavy atom. The molecule has 0 heterocycles. The maximum atomic E-state index is 12.6. The smallest absolute Gasteiger partial charge is 0.306 e. The zero-order valence-electron chi connectivity index (χ0n) is 15.5. The molecule has 27 heavy (non-hydrogen) atoms. The topological polar surface area (TPSA) is 75.6 Å². The van der Waals surface area contributed by atoms with E-state index in [1.165, 1.54) is 0 Å². The van der Waals surface area contributed by atoms with Gasteiger partial charge in [-0.15, -0.1) is 0 Å². The average Bonchev–Trinajstić information content (AvgIpc) is 2.69. The summed E-state index contributed by atoms with van der Waals surface area (Å²) in [5.41, 5.74) is 2.72. The Hall–Kier alpha value is -2.82. The van der Waals surface area contributed by atoms with Gasteiger partial charge in [0.2, 0.25) is 5.91 Å². The van der Waals surface area contributed by atoms with E-state index in [9.17, 15) is 14.7 Å². The van der Waals surface area contributed by atoms with Crippen molar-refractivity contribution in [2.45, 2.75) is 39.2 Å². The van der Waals surface area contributed by atoms with Crippen LogP contribution in [0.15, 0.2) is 48.5 Å². The number of amides is 1. The largest absolute Gasteiger partial charge is 0.489 e. The van der Waals surface area contributed by atoms with Crippen molar-refractivity contribution in [1.29, 1.82) is 0 Å². The standard InChI is InChI=1S/C22H25NO4/c1-15-18(14-27-19-10-3-2-4-11-19)9-6-12-20(15)23-21(24)16-7-5-8-17(13-16)22(25)26/h2-4,6,9-12,16-17H,5,7-8,13-14H2,1H3,(H,23,24)(H,25,26). The Morgan fingerprint density at radius 3 is 2.56 bits per heavy atom. The van der Waals surface area contributed by atoms with Crippen LogP contribution in [0.2, 0.25) is 0 Å². The molecule has 0 saturated heterocycles. The van der Waals surface area contributed by atoms with Crippen molar-refractivity contribution < 1.29 is 19.4 Å². The molecule has 3 rings (SSSR count). The van der Waals surface area contributed by atoms with Crippen molar-refractivity contribution in [3.05, 3.63) is 59.7 Å². The maximum absolute atomic E-state index is 12.6. The Kier molecular flexibility index (Phi) is 6.12. The third kappa shape index (κ3) is 4.88. The Bertz CT molecular complexity index is 803. The molecule has 5 heteroatoms. The fourth-order valence-corrected chi connectivity index (χ4v) is 3.54. The van der Waals surface area contributed by atoms with Crippen LogP contribution in [0.4, 0.5) is 5.69 Å². The second-order valence-electron chi connectivity index (χ2n) is 7.08. The number of anilines is 1. The highest BCUT2D eigenvalue weighted by atomic mass is 16.5. The first-order chi connectivity index (χ1) is 13.0. The number of ether oxygens (including phenoxy) is 1. The Balaban J connectivity index is 1.64. The fourth-order valence-electron chi connectivity index (χ4n) is 3.54. The minimum atomic E-state index is -0.802. The van der Waals surface area contributed by atoms with E-state index in [1.54, 1.807) is 0 Å². The van der Waals surface area contributed by atoms with Gasteiger partial charge in [-0.1, -0.05) is 36.8 Å². The molecule has 2 N–H and O–H groups in total. The lowest BCUT2D eigenvalue weighted by molar-refractivity contribution is -0.143. The van der Waals surface area contributed by atoms with Gasteiger partial charge in [-0.25, -0.2) is 0 Å². The first kappa shape index (κ1) is 19.0. The normalized spacial score (nSPS) is 19.3. The van der Waals surface area contributed by atoms with Gasteiger partial charge in [-0.3, -0.25) is 9.59 Å². The average molecular weight is 367 g/mol. The molecule has 0 bridgehead atoms. The van der Waals surface area contributed by atoms with Crippen molar-refractivity contribution in [2.75, 3.05) is 5.32 Å². The van der Waals surface area contributed by atoms with Crippen molar-refractivity contribution >= 4 is 17.6 Å². The number of carboxylic acid groups (broad SMARTS) is 1. The minimum absolute atomic E-state index is 0.0924. The van der Waals surface area contributed by atoms with Crippen LogP contribution in [0.1, 0.15) is 36.8 Å². The zero-order valence-corrected chi connectivity index (χ0v) is 15.5. The molecule has 1 amide bonds. The fraction of sp³-hybridized carbons (Fsp3) is 0.364. The van der Waals surface area contributed by atoms with E-state index in [-0.39, 0.29) is 11.8 Å². The molecule has 2 atom stereocenters. The number of carbonyl (C=O) groups excluding carboxylic acids is 1. The summed E-state index contributed by atoms with van der Waals surface area (Å²) in [6, 6.07) is 15.3. The summed E-state index contributed by atoms with van der Waals surface area (Å²) in [7, 11) is 0. The lowest BCUT2D eigenvalue weighted by Gasteiger charge is -2.26. The number of hydrogen-bond acceptors (Lipinski definition) is 3. The predicted octanol–water partition coefficient (Wildman–Crippen LogP) is 4.40. The highest BCUT2D eigenvalue weighted by molar-refractivity contribution is 5.93. The molecule has 0 spiro atoms. The molecule has 1 aliphatic rings. The number of carbonyl (C=O) groups is 2. The van der Waals surface area contributed by atoms with E-state index in [4.69, 9.17) is 4.74 Å². The van der Waals surface area contributed by atoms with Crippen LogP contribution >= 0.6 is 0 Å². The minimum Gasteiger partial charge on any atom is -0.489 e.